The molecule has 0 unspecified atom stereocenters. The first-order valence-electron chi connectivity index (χ1n) is 7.13. The molecule has 1 aliphatic rings. The van der Waals surface area contributed by atoms with E-state index in [1.54, 1.807) is 12.1 Å². The number of rotatable bonds is 4. The Morgan fingerprint density at radius 3 is 2.55 bits per heavy atom. The van der Waals surface area contributed by atoms with Crippen molar-refractivity contribution in [1.82, 2.24) is 5.32 Å². The number of halogens is 1. The van der Waals surface area contributed by atoms with Gasteiger partial charge in [0.25, 0.3) is 0 Å². The lowest BCUT2D eigenvalue weighted by Gasteiger charge is -2.25. The van der Waals surface area contributed by atoms with E-state index in [-0.39, 0.29) is 18.2 Å². The Morgan fingerprint density at radius 1 is 1.14 bits per heavy atom. The molecular formula is C17H20ClN3O. The van der Waals surface area contributed by atoms with Gasteiger partial charge in [0.2, 0.25) is 0 Å². The van der Waals surface area contributed by atoms with Crippen LogP contribution in [-0.4, -0.2) is 30.6 Å². The smallest absolute Gasteiger partial charge is 0.117 e. The third-order valence-electron chi connectivity index (χ3n) is 3.54. The fourth-order valence-electron chi connectivity index (χ4n) is 2.42. The van der Waals surface area contributed by atoms with Crippen LogP contribution in [0.4, 0.5) is 11.4 Å². The summed E-state index contributed by atoms with van der Waals surface area (Å²) >= 11 is 0. The molecule has 2 aromatic carbocycles. The van der Waals surface area contributed by atoms with Gasteiger partial charge in [-0.25, -0.2) is 0 Å². The third kappa shape index (κ3) is 3.71. The highest BCUT2D eigenvalue weighted by Crippen LogP contribution is 2.28. The Kier molecular flexibility index (Phi) is 5.28. The quantitative estimate of drug-likeness (QED) is 0.910. The van der Waals surface area contributed by atoms with Gasteiger partial charge in [-0.2, -0.15) is 0 Å². The molecule has 116 valence electrons. The summed E-state index contributed by atoms with van der Waals surface area (Å²) in [6.45, 7) is 4.48. The first-order chi connectivity index (χ1) is 10.2. The van der Waals surface area contributed by atoms with Crippen molar-refractivity contribution in [3.8, 4) is 5.75 Å². The summed E-state index contributed by atoms with van der Waals surface area (Å²) in [5, 5.41) is 13.0. The number of anilines is 2. The van der Waals surface area contributed by atoms with Crippen LogP contribution in [0, 0.1) is 6.92 Å². The SMILES string of the molecule is Cc1ccc(N(CC2=NCCN2)c2cccc(O)c2)cc1.Cl. The van der Waals surface area contributed by atoms with E-state index in [4.69, 9.17) is 0 Å². The van der Waals surface area contributed by atoms with Crippen molar-refractivity contribution in [2.75, 3.05) is 24.5 Å². The highest BCUT2D eigenvalue weighted by atomic mass is 35.5. The largest absolute Gasteiger partial charge is 0.508 e. The van der Waals surface area contributed by atoms with Gasteiger partial charge in [-0.3, -0.25) is 4.99 Å². The van der Waals surface area contributed by atoms with Crippen molar-refractivity contribution in [2.24, 2.45) is 4.99 Å². The normalized spacial score (nSPS) is 13.0. The average molecular weight is 318 g/mol. The van der Waals surface area contributed by atoms with Crippen molar-refractivity contribution >= 4 is 29.6 Å². The topological polar surface area (TPSA) is 47.9 Å². The summed E-state index contributed by atoms with van der Waals surface area (Å²) in [6, 6.07) is 15.7. The van der Waals surface area contributed by atoms with Gasteiger partial charge < -0.3 is 15.3 Å². The minimum Gasteiger partial charge on any atom is -0.508 e. The third-order valence-corrected chi connectivity index (χ3v) is 3.54. The van der Waals surface area contributed by atoms with Crippen LogP contribution in [0.25, 0.3) is 0 Å². The number of phenolic OH excluding ortho intramolecular Hbond substituents is 1. The number of aromatic hydroxyl groups is 1. The summed E-state index contributed by atoms with van der Waals surface area (Å²) < 4.78 is 0. The van der Waals surface area contributed by atoms with Gasteiger partial charge in [0.15, 0.2) is 0 Å². The van der Waals surface area contributed by atoms with Crippen LogP contribution in [0.5, 0.6) is 5.75 Å². The van der Waals surface area contributed by atoms with E-state index in [9.17, 15) is 5.11 Å². The molecule has 4 nitrogen and oxygen atoms in total. The van der Waals surface area contributed by atoms with E-state index in [1.807, 2.05) is 12.1 Å². The summed E-state index contributed by atoms with van der Waals surface area (Å²) in [7, 11) is 0. The predicted octanol–water partition coefficient (Wildman–Crippen LogP) is 3.26. The Labute approximate surface area is 136 Å². The highest BCUT2D eigenvalue weighted by Gasteiger charge is 2.14. The summed E-state index contributed by atoms with van der Waals surface area (Å²) in [5.41, 5.74) is 3.27. The molecule has 1 aliphatic heterocycles. The molecule has 5 heteroatoms. The lowest BCUT2D eigenvalue weighted by atomic mass is 10.2. The van der Waals surface area contributed by atoms with Gasteiger partial charge in [0.05, 0.1) is 13.1 Å². The number of aryl methyl sites for hydroxylation is 1. The molecule has 3 rings (SSSR count). The molecule has 0 saturated carbocycles. The van der Waals surface area contributed by atoms with E-state index in [0.717, 1.165) is 30.3 Å². The van der Waals surface area contributed by atoms with Crippen LogP contribution in [0.2, 0.25) is 0 Å². The number of hydrogen-bond acceptors (Lipinski definition) is 4. The van der Waals surface area contributed by atoms with Crippen LogP contribution in [0.15, 0.2) is 53.5 Å². The van der Waals surface area contributed by atoms with E-state index in [2.05, 4.69) is 46.4 Å². The van der Waals surface area contributed by atoms with Crippen LogP contribution >= 0.6 is 12.4 Å². The fraction of sp³-hybridized carbons (Fsp3) is 0.235. The molecule has 2 aromatic rings. The van der Waals surface area contributed by atoms with Crippen molar-refractivity contribution in [2.45, 2.75) is 6.92 Å². The lowest BCUT2D eigenvalue weighted by Crippen LogP contribution is -2.32. The predicted molar refractivity (Wildman–Crippen MR) is 93.8 cm³/mol. The monoisotopic (exact) mass is 317 g/mol. The lowest BCUT2D eigenvalue weighted by molar-refractivity contribution is 0.475. The van der Waals surface area contributed by atoms with Crippen LogP contribution in [-0.2, 0) is 0 Å². The molecule has 0 spiro atoms. The molecule has 0 amide bonds. The highest BCUT2D eigenvalue weighted by molar-refractivity contribution is 5.90. The molecule has 0 aromatic heterocycles. The maximum absolute atomic E-state index is 9.74. The van der Waals surface area contributed by atoms with Gasteiger partial charge in [0, 0.05) is 24.0 Å². The molecule has 0 aliphatic carbocycles. The van der Waals surface area contributed by atoms with Crippen molar-refractivity contribution in [1.29, 1.82) is 0 Å². The zero-order valence-electron chi connectivity index (χ0n) is 12.5. The zero-order valence-corrected chi connectivity index (χ0v) is 13.3. The van der Waals surface area contributed by atoms with Crippen molar-refractivity contribution < 1.29 is 5.11 Å². The van der Waals surface area contributed by atoms with Gasteiger partial charge in [-0.1, -0.05) is 23.8 Å². The Balaban J connectivity index is 0.00000176. The summed E-state index contributed by atoms with van der Waals surface area (Å²) in [5.74, 6) is 1.25. The Hall–Kier alpha value is -2.20. The van der Waals surface area contributed by atoms with Crippen LogP contribution in [0.1, 0.15) is 5.56 Å². The number of aliphatic imine (C=N–C) groups is 1. The first-order valence-corrected chi connectivity index (χ1v) is 7.13. The number of nitrogens with zero attached hydrogens (tertiary/aromatic N) is 2. The van der Waals surface area contributed by atoms with Gasteiger partial charge >= 0.3 is 0 Å². The van der Waals surface area contributed by atoms with E-state index >= 15 is 0 Å². The van der Waals surface area contributed by atoms with Gasteiger partial charge in [0.1, 0.15) is 11.6 Å². The van der Waals surface area contributed by atoms with Crippen molar-refractivity contribution in [3.05, 3.63) is 54.1 Å². The second-order valence-corrected chi connectivity index (χ2v) is 5.20. The van der Waals surface area contributed by atoms with E-state index in [0.29, 0.717) is 6.54 Å². The minimum atomic E-state index is 0. The standard InChI is InChI=1S/C17H19N3O.ClH/c1-13-5-7-14(8-6-13)20(12-17-18-9-10-19-17)15-3-2-4-16(21)11-15;/h2-8,11,21H,9-10,12H2,1H3,(H,18,19);1H. The number of hydrogen-bond donors (Lipinski definition) is 2. The molecule has 0 radical (unpaired) electrons. The zero-order chi connectivity index (χ0) is 14.7. The number of nitrogens with one attached hydrogen (secondary N) is 1. The maximum atomic E-state index is 9.74. The number of benzene rings is 2. The van der Waals surface area contributed by atoms with Gasteiger partial charge in [-0.05, 0) is 31.2 Å². The fourth-order valence-corrected chi connectivity index (χ4v) is 2.42. The average Bonchev–Trinajstić information content (AvgIpc) is 2.99. The van der Waals surface area contributed by atoms with E-state index < -0.39 is 0 Å². The Bertz CT molecular complexity index is 655. The van der Waals surface area contributed by atoms with Crippen LogP contribution in [0.3, 0.4) is 0 Å². The molecule has 1 heterocycles. The summed E-state index contributed by atoms with van der Waals surface area (Å²) in [4.78, 5) is 6.62. The Morgan fingerprint density at radius 2 is 1.91 bits per heavy atom. The number of phenols is 1. The van der Waals surface area contributed by atoms with E-state index in [1.165, 1.54) is 5.56 Å². The maximum Gasteiger partial charge on any atom is 0.117 e. The molecule has 0 saturated heterocycles. The second kappa shape index (κ2) is 7.18. The molecular weight excluding hydrogens is 298 g/mol. The molecule has 0 bridgehead atoms. The van der Waals surface area contributed by atoms with Crippen molar-refractivity contribution in [3.63, 3.8) is 0 Å². The molecule has 0 atom stereocenters. The second-order valence-electron chi connectivity index (χ2n) is 5.20. The molecule has 2 N–H and O–H groups in total. The van der Waals surface area contributed by atoms with Gasteiger partial charge in [-0.15, -0.1) is 12.4 Å². The first kappa shape index (κ1) is 16.2. The number of amidine groups is 1. The molecule has 22 heavy (non-hydrogen) atoms. The summed E-state index contributed by atoms with van der Waals surface area (Å²) in [6.07, 6.45) is 0. The van der Waals surface area contributed by atoms with Crippen LogP contribution < -0.4 is 10.2 Å². The molecule has 0 fully saturated rings. The minimum absolute atomic E-state index is 0.